The number of nitrogens with zero attached hydrogens (tertiary/aromatic N) is 3. The Labute approximate surface area is 389 Å². The number of anilines is 8. The van der Waals surface area contributed by atoms with E-state index in [9.17, 15) is 0 Å². The molecule has 66 heavy (non-hydrogen) atoms. The van der Waals surface area contributed by atoms with Crippen molar-refractivity contribution in [2.75, 3.05) is 14.7 Å². The molecule has 0 aliphatic heterocycles. The summed E-state index contributed by atoms with van der Waals surface area (Å²) in [5.41, 5.74) is 26.6. The molecule has 8 aromatic carbocycles. The monoisotopic (exact) mass is 849 g/mol. The Bertz CT molecular complexity index is 3240. The van der Waals surface area contributed by atoms with Gasteiger partial charge in [-0.1, -0.05) is 163 Å². The predicted octanol–water partition coefficient (Wildman–Crippen LogP) is 17.5. The third-order valence-electron chi connectivity index (χ3n) is 12.2. The molecule has 0 radical (unpaired) electrons. The van der Waals surface area contributed by atoms with Crippen LogP contribution in [0, 0.1) is 20.8 Å². The van der Waals surface area contributed by atoms with Gasteiger partial charge in [0.25, 0.3) is 0 Å². The topological polar surface area (TPSA) is 9.72 Å². The molecule has 8 aromatic rings. The van der Waals surface area contributed by atoms with Gasteiger partial charge in [-0.15, -0.1) is 0 Å². The summed E-state index contributed by atoms with van der Waals surface area (Å²) in [6, 6.07) is 70.6. The van der Waals surface area contributed by atoms with Gasteiger partial charge in [-0.25, -0.2) is 0 Å². The maximum Gasteiger partial charge on any atom is 0.0973 e. The number of hydrogen-bond acceptors (Lipinski definition) is 3. The number of allylic oxidation sites excluding steroid dienone is 7. The summed E-state index contributed by atoms with van der Waals surface area (Å²) in [4.78, 5) is 7.46. The molecule has 3 nitrogen and oxygen atoms in total. The normalized spacial score (nSPS) is 12.7. The minimum atomic E-state index is 0.849. The second-order valence-corrected chi connectivity index (χ2v) is 16.9. The van der Waals surface area contributed by atoms with Gasteiger partial charge in [0.05, 0.1) is 22.8 Å². The summed E-state index contributed by atoms with van der Waals surface area (Å²) >= 11 is 0. The summed E-state index contributed by atoms with van der Waals surface area (Å²) in [6.07, 6.45) is 14.8. The Hall–Kier alpha value is -8.32. The van der Waals surface area contributed by atoms with E-state index in [1.807, 2.05) is 6.08 Å². The van der Waals surface area contributed by atoms with Crippen LogP contribution in [-0.2, 0) is 0 Å². The van der Waals surface area contributed by atoms with E-state index in [0.717, 1.165) is 97.4 Å². The SMILES string of the molecule is Cc1cccc(N(C2=C=C=CC=C2)c2c(C3=CC=CCC3)c(N(c3ccccc3)c3cccc(C)c3)c(-c3ccccc3)c(N(c3ccccc3)c3cccc(C)c3)c2-c2ccccc2)c1. The van der Waals surface area contributed by atoms with Crippen LogP contribution in [0.4, 0.5) is 45.5 Å². The highest BCUT2D eigenvalue weighted by atomic mass is 15.2. The van der Waals surface area contributed by atoms with Gasteiger partial charge in [-0.05, 0) is 146 Å². The van der Waals surface area contributed by atoms with Gasteiger partial charge in [0.2, 0.25) is 0 Å². The minimum Gasteiger partial charge on any atom is -0.309 e. The fraction of sp³-hybridized carbons (Fsp3) is 0.0794. The lowest BCUT2D eigenvalue weighted by Crippen LogP contribution is -2.24. The van der Waals surface area contributed by atoms with Gasteiger partial charge in [-0.2, -0.15) is 0 Å². The standard InChI is InChI=1S/C63H51N3/c1-46-25-22-40-55(43-46)64(52-34-16-7-17-35-52)61-58(49-28-10-4-11-29-49)62(65(53-36-18-8-19-37-53)56-41-23-26-47(2)44-56)60(51-32-14-6-15-33-51)63(59(61)50-30-12-5-13-31-50)66(54-38-20-9-21-39-54)57-42-24-27-48(3)45-57/h4-14,16-20,22-32,34-38,40-45H,15,33H2,1-3H3. The maximum absolute atomic E-state index is 3.62. The molecule has 0 fully saturated rings. The van der Waals surface area contributed by atoms with Gasteiger partial charge in [0, 0.05) is 45.1 Å². The molecule has 10 rings (SSSR count). The Morgan fingerprint density at radius 3 is 1.26 bits per heavy atom. The van der Waals surface area contributed by atoms with Crippen LogP contribution in [-0.4, -0.2) is 0 Å². The second kappa shape index (κ2) is 18.8. The van der Waals surface area contributed by atoms with E-state index >= 15 is 0 Å². The molecule has 0 saturated carbocycles. The van der Waals surface area contributed by atoms with Crippen molar-refractivity contribution in [3.05, 3.63) is 270 Å². The van der Waals surface area contributed by atoms with Crippen molar-refractivity contribution in [1.82, 2.24) is 0 Å². The van der Waals surface area contributed by atoms with E-state index in [2.05, 4.69) is 271 Å². The first kappa shape index (κ1) is 41.7. The molecule has 0 spiro atoms. The number of para-hydroxylation sites is 2. The highest BCUT2D eigenvalue weighted by Crippen LogP contribution is 2.61. The Balaban J connectivity index is 1.56. The van der Waals surface area contributed by atoms with Crippen molar-refractivity contribution >= 4 is 51.1 Å². The van der Waals surface area contributed by atoms with Crippen LogP contribution in [0.15, 0.2) is 248 Å². The van der Waals surface area contributed by atoms with Crippen molar-refractivity contribution in [1.29, 1.82) is 0 Å². The molecular weight excluding hydrogens is 799 g/mol. The van der Waals surface area contributed by atoms with E-state index in [0.29, 0.717) is 0 Å². The average molecular weight is 850 g/mol. The van der Waals surface area contributed by atoms with Gasteiger partial charge >= 0.3 is 0 Å². The number of aryl methyl sites for hydroxylation is 3. The predicted molar refractivity (Wildman–Crippen MR) is 280 cm³/mol. The average Bonchev–Trinajstić information content (AvgIpc) is 3.36. The zero-order valence-electron chi connectivity index (χ0n) is 37.7. The Morgan fingerprint density at radius 1 is 0.409 bits per heavy atom. The fourth-order valence-electron chi connectivity index (χ4n) is 9.39. The molecule has 0 saturated heterocycles. The minimum absolute atomic E-state index is 0.849. The van der Waals surface area contributed by atoms with Crippen molar-refractivity contribution < 1.29 is 0 Å². The van der Waals surface area contributed by atoms with Gasteiger partial charge in [0.1, 0.15) is 0 Å². The van der Waals surface area contributed by atoms with E-state index in [4.69, 9.17) is 0 Å². The first-order valence-corrected chi connectivity index (χ1v) is 22.8. The molecule has 0 bridgehead atoms. The van der Waals surface area contributed by atoms with Crippen LogP contribution in [0.2, 0.25) is 0 Å². The largest absolute Gasteiger partial charge is 0.309 e. The zero-order chi connectivity index (χ0) is 44.8. The first-order valence-electron chi connectivity index (χ1n) is 22.8. The summed E-state index contributed by atoms with van der Waals surface area (Å²) in [5, 5.41) is 0. The molecule has 0 aromatic heterocycles. The third-order valence-corrected chi connectivity index (χ3v) is 12.2. The third kappa shape index (κ3) is 8.29. The van der Waals surface area contributed by atoms with Crippen LogP contribution in [0.3, 0.4) is 0 Å². The molecule has 0 atom stereocenters. The summed E-state index contributed by atoms with van der Waals surface area (Å²) in [5.74, 6) is 0. The molecule has 0 amide bonds. The van der Waals surface area contributed by atoms with Crippen molar-refractivity contribution in [2.45, 2.75) is 33.6 Å². The molecule has 2 aliphatic rings. The maximum atomic E-state index is 3.62. The zero-order valence-corrected chi connectivity index (χ0v) is 37.7. The van der Waals surface area contributed by atoms with Crippen LogP contribution in [0.25, 0.3) is 27.8 Å². The Kier molecular flexibility index (Phi) is 11.9. The van der Waals surface area contributed by atoms with Crippen molar-refractivity contribution in [3.8, 4) is 22.3 Å². The first-order chi connectivity index (χ1) is 32.5. The van der Waals surface area contributed by atoms with Gasteiger partial charge < -0.3 is 14.7 Å². The van der Waals surface area contributed by atoms with Crippen molar-refractivity contribution in [3.63, 3.8) is 0 Å². The van der Waals surface area contributed by atoms with Gasteiger partial charge in [-0.3, -0.25) is 0 Å². The fourth-order valence-corrected chi connectivity index (χ4v) is 9.39. The highest BCUT2D eigenvalue weighted by molar-refractivity contribution is 6.15. The second-order valence-electron chi connectivity index (χ2n) is 16.9. The van der Waals surface area contributed by atoms with E-state index in [1.165, 1.54) is 16.7 Å². The summed E-state index contributed by atoms with van der Waals surface area (Å²) in [6.45, 7) is 6.54. The van der Waals surface area contributed by atoms with Crippen LogP contribution in [0.5, 0.6) is 0 Å². The van der Waals surface area contributed by atoms with Crippen LogP contribution >= 0.6 is 0 Å². The highest BCUT2D eigenvalue weighted by Gasteiger charge is 2.37. The van der Waals surface area contributed by atoms with Crippen LogP contribution < -0.4 is 14.7 Å². The van der Waals surface area contributed by atoms with E-state index < -0.39 is 0 Å². The Morgan fingerprint density at radius 2 is 0.833 bits per heavy atom. The number of rotatable bonds is 12. The van der Waals surface area contributed by atoms with E-state index in [1.54, 1.807) is 0 Å². The summed E-state index contributed by atoms with van der Waals surface area (Å²) in [7, 11) is 0. The summed E-state index contributed by atoms with van der Waals surface area (Å²) < 4.78 is 0. The molecule has 0 unspecified atom stereocenters. The lowest BCUT2D eigenvalue weighted by molar-refractivity contribution is 1.05. The number of hydrogen-bond donors (Lipinski definition) is 0. The molecule has 0 N–H and O–H groups in total. The van der Waals surface area contributed by atoms with E-state index in [-0.39, 0.29) is 0 Å². The quantitative estimate of drug-likeness (QED) is 0.113. The lowest BCUT2D eigenvalue weighted by atomic mass is 9.82. The number of benzene rings is 8. The van der Waals surface area contributed by atoms with Crippen LogP contribution in [0.1, 0.15) is 35.1 Å². The van der Waals surface area contributed by atoms with Gasteiger partial charge in [0.15, 0.2) is 0 Å². The molecule has 0 heterocycles. The molecule has 3 heteroatoms. The molecular formula is C63H51N3. The molecule has 318 valence electrons. The lowest BCUT2D eigenvalue weighted by Gasteiger charge is -2.41. The smallest absolute Gasteiger partial charge is 0.0973 e. The van der Waals surface area contributed by atoms with Crippen molar-refractivity contribution in [2.24, 2.45) is 0 Å². The molecule has 2 aliphatic carbocycles.